The zero-order valence-electron chi connectivity index (χ0n) is 11.3. The lowest BCUT2D eigenvalue weighted by molar-refractivity contribution is 0.0696. The van der Waals surface area contributed by atoms with Crippen LogP contribution in [-0.4, -0.2) is 23.0 Å². The minimum Gasteiger partial charge on any atom is -0.478 e. The van der Waals surface area contributed by atoms with Crippen molar-refractivity contribution in [2.75, 3.05) is 7.05 Å². The first-order valence-corrected chi connectivity index (χ1v) is 6.62. The molecule has 1 N–H and O–H groups in total. The number of halogens is 1. The first-order chi connectivity index (χ1) is 9.49. The fourth-order valence-corrected chi connectivity index (χ4v) is 2.30. The van der Waals surface area contributed by atoms with Crippen LogP contribution >= 0.6 is 11.6 Å². The van der Waals surface area contributed by atoms with Crippen molar-refractivity contribution in [1.29, 1.82) is 0 Å². The van der Waals surface area contributed by atoms with Gasteiger partial charge in [-0.05, 0) is 31.7 Å². The van der Waals surface area contributed by atoms with Crippen molar-refractivity contribution < 1.29 is 14.3 Å². The number of carboxylic acids is 1. The Kier molecular flexibility index (Phi) is 4.47. The highest BCUT2D eigenvalue weighted by atomic mass is 35.5. The van der Waals surface area contributed by atoms with Crippen LogP contribution in [0.1, 0.15) is 34.6 Å². The molecule has 4 nitrogen and oxygen atoms in total. The van der Waals surface area contributed by atoms with E-state index in [4.69, 9.17) is 21.1 Å². The maximum Gasteiger partial charge on any atom is 0.338 e. The van der Waals surface area contributed by atoms with E-state index in [1.807, 2.05) is 43.1 Å². The highest BCUT2D eigenvalue weighted by molar-refractivity contribution is 6.31. The lowest BCUT2D eigenvalue weighted by Gasteiger charge is -2.24. The molecular weight excluding hydrogens is 278 g/mol. The van der Waals surface area contributed by atoms with Gasteiger partial charge in [0.2, 0.25) is 0 Å². The molecule has 1 aromatic carbocycles. The molecule has 0 spiro atoms. The number of rotatable bonds is 5. The topological polar surface area (TPSA) is 53.7 Å². The second kappa shape index (κ2) is 6.11. The maximum atomic E-state index is 10.8. The summed E-state index contributed by atoms with van der Waals surface area (Å²) in [5.74, 6) is -0.370. The first kappa shape index (κ1) is 14.6. The van der Waals surface area contributed by atoms with Crippen molar-refractivity contribution >= 4 is 17.6 Å². The van der Waals surface area contributed by atoms with Crippen molar-refractivity contribution in [2.45, 2.75) is 19.5 Å². The molecule has 0 aliphatic heterocycles. The molecule has 1 atom stereocenters. The van der Waals surface area contributed by atoms with Crippen molar-refractivity contribution in [3.8, 4) is 0 Å². The van der Waals surface area contributed by atoms with Gasteiger partial charge in [-0.25, -0.2) is 4.79 Å². The largest absolute Gasteiger partial charge is 0.478 e. The smallest absolute Gasteiger partial charge is 0.338 e. The molecule has 0 saturated carbocycles. The Morgan fingerprint density at radius 2 is 2.15 bits per heavy atom. The second-order valence-electron chi connectivity index (χ2n) is 4.72. The number of benzene rings is 1. The van der Waals surface area contributed by atoms with E-state index in [0.29, 0.717) is 12.3 Å². The zero-order valence-corrected chi connectivity index (χ0v) is 12.1. The third kappa shape index (κ3) is 3.21. The Morgan fingerprint density at radius 3 is 2.75 bits per heavy atom. The summed E-state index contributed by atoms with van der Waals surface area (Å²) in [6, 6.07) is 9.32. The molecule has 1 unspecified atom stereocenters. The number of hydrogen-bond donors (Lipinski definition) is 1. The van der Waals surface area contributed by atoms with Gasteiger partial charge >= 0.3 is 5.97 Å². The van der Waals surface area contributed by atoms with Crippen LogP contribution in [0.5, 0.6) is 0 Å². The highest BCUT2D eigenvalue weighted by Gasteiger charge is 2.17. The molecule has 1 aromatic heterocycles. The number of carbonyl (C=O) groups is 1. The van der Waals surface area contributed by atoms with Crippen molar-refractivity contribution in [3.05, 3.63) is 58.5 Å². The van der Waals surface area contributed by atoms with Gasteiger partial charge in [0, 0.05) is 11.1 Å². The number of nitrogens with zero attached hydrogens (tertiary/aromatic N) is 1. The number of hydrogen-bond acceptors (Lipinski definition) is 3. The van der Waals surface area contributed by atoms with E-state index in [-0.39, 0.29) is 11.6 Å². The van der Waals surface area contributed by atoms with Gasteiger partial charge in [0.05, 0.1) is 12.1 Å². The minimum atomic E-state index is -0.984. The summed E-state index contributed by atoms with van der Waals surface area (Å²) in [4.78, 5) is 12.9. The molecular formula is C15H16ClNO3. The highest BCUT2D eigenvalue weighted by Crippen LogP contribution is 2.27. The van der Waals surface area contributed by atoms with E-state index < -0.39 is 5.97 Å². The molecule has 0 radical (unpaired) electrons. The van der Waals surface area contributed by atoms with Crippen molar-refractivity contribution in [3.63, 3.8) is 0 Å². The number of aromatic carboxylic acids is 1. The Balaban J connectivity index is 2.09. The molecule has 0 fully saturated rings. The van der Waals surface area contributed by atoms with Gasteiger partial charge in [0.25, 0.3) is 0 Å². The Bertz CT molecular complexity index is 609. The van der Waals surface area contributed by atoms with E-state index in [1.165, 1.54) is 12.3 Å². The summed E-state index contributed by atoms with van der Waals surface area (Å²) >= 11 is 6.18. The van der Waals surface area contributed by atoms with E-state index in [0.717, 1.165) is 10.6 Å². The second-order valence-corrected chi connectivity index (χ2v) is 5.13. The van der Waals surface area contributed by atoms with Gasteiger partial charge in [0.15, 0.2) is 0 Å². The van der Waals surface area contributed by atoms with Gasteiger partial charge in [0.1, 0.15) is 12.0 Å². The summed E-state index contributed by atoms with van der Waals surface area (Å²) in [5, 5.41) is 9.58. The quantitative estimate of drug-likeness (QED) is 0.910. The number of carboxylic acid groups (broad SMARTS) is 1. The van der Waals surface area contributed by atoms with Gasteiger partial charge < -0.3 is 9.52 Å². The maximum absolute atomic E-state index is 10.8. The molecule has 2 rings (SSSR count). The average molecular weight is 294 g/mol. The summed E-state index contributed by atoms with van der Waals surface area (Å²) < 4.78 is 5.26. The van der Waals surface area contributed by atoms with Gasteiger partial charge in [-0.3, -0.25) is 4.90 Å². The van der Waals surface area contributed by atoms with Crippen LogP contribution in [0, 0.1) is 0 Å². The SMILES string of the molecule is CC(c1ccccc1Cl)N(C)Cc1cc(C(=O)O)co1. The van der Waals surface area contributed by atoms with Crippen molar-refractivity contribution in [1.82, 2.24) is 4.90 Å². The van der Waals surface area contributed by atoms with Crippen LogP contribution in [0.15, 0.2) is 41.0 Å². The predicted molar refractivity (Wildman–Crippen MR) is 77.0 cm³/mol. The van der Waals surface area contributed by atoms with E-state index in [1.54, 1.807) is 0 Å². The fourth-order valence-electron chi connectivity index (χ4n) is 2.01. The lowest BCUT2D eigenvalue weighted by atomic mass is 10.1. The third-order valence-electron chi connectivity index (χ3n) is 3.32. The summed E-state index contributed by atoms with van der Waals surface area (Å²) in [7, 11) is 1.94. The molecule has 106 valence electrons. The molecule has 2 aromatic rings. The Labute approximate surface area is 122 Å². The van der Waals surface area contributed by atoms with Crippen molar-refractivity contribution in [2.24, 2.45) is 0 Å². The predicted octanol–water partition coefficient (Wildman–Crippen LogP) is 3.82. The van der Waals surface area contributed by atoms with E-state index in [9.17, 15) is 4.79 Å². The van der Waals surface area contributed by atoms with Crippen LogP contribution in [-0.2, 0) is 6.54 Å². The first-order valence-electron chi connectivity index (χ1n) is 6.24. The van der Waals surface area contributed by atoms with Crippen LogP contribution < -0.4 is 0 Å². The monoisotopic (exact) mass is 293 g/mol. The molecule has 1 heterocycles. The van der Waals surface area contributed by atoms with Gasteiger partial charge in [-0.1, -0.05) is 29.8 Å². The average Bonchev–Trinajstić information content (AvgIpc) is 2.87. The third-order valence-corrected chi connectivity index (χ3v) is 3.67. The molecule has 0 saturated heterocycles. The summed E-state index contributed by atoms with van der Waals surface area (Å²) in [6.07, 6.45) is 1.26. The minimum absolute atomic E-state index is 0.0991. The summed E-state index contributed by atoms with van der Waals surface area (Å²) in [6.45, 7) is 2.56. The van der Waals surface area contributed by atoms with E-state index in [2.05, 4.69) is 0 Å². The normalized spacial score (nSPS) is 12.6. The van der Waals surface area contributed by atoms with Crippen LogP contribution in [0.2, 0.25) is 5.02 Å². The number of furan rings is 1. The zero-order chi connectivity index (χ0) is 14.7. The van der Waals surface area contributed by atoms with Crippen LogP contribution in [0.3, 0.4) is 0 Å². The lowest BCUT2D eigenvalue weighted by Crippen LogP contribution is -2.21. The van der Waals surface area contributed by atoms with Gasteiger partial charge in [-0.2, -0.15) is 0 Å². The Hall–Kier alpha value is -1.78. The summed E-state index contributed by atoms with van der Waals surface area (Å²) in [5.41, 5.74) is 1.19. The molecule has 0 aliphatic carbocycles. The van der Waals surface area contributed by atoms with Crippen LogP contribution in [0.4, 0.5) is 0 Å². The molecule has 0 aliphatic rings. The molecule has 5 heteroatoms. The van der Waals surface area contributed by atoms with E-state index >= 15 is 0 Å². The van der Waals surface area contributed by atoms with Gasteiger partial charge in [-0.15, -0.1) is 0 Å². The molecule has 0 amide bonds. The Morgan fingerprint density at radius 1 is 1.45 bits per heavy atom. The standard InChI is InChI=1S/C15H16ClNO3/c1-10(13-5-3-4-6-14(13)16)17(2)8-12-7-11(9-20-12)15(18)19/h3-7,9-10H,8H2,1-2H3,(H,18,19). The van der Waals surface area contributed by atoms with Crippen LogP contribution in [0.25, 0.3) is 0 Å². The molecule has 20 heavy (non-hydrogen) atoms. The fraction of sp³-hybridized carbons (Fsp3) is 0.267. The molecule has 0 bridgehead atoms.